The Hall–Kier alpha value is -2.19. The third kappa shape index (κ3) is 4.12. The molecule has 0 N–H and O–H groups in total. The fourth-order valence-corrected chi connectivity index (χ4v) is 4.11. The highest BCUT2D eigenvalue weighted by molar-refractivity contribution is 9.10. The van der Waals surface area contributed by atoms with Gasteiger partial charge in [-0.05, 0) is 55.0 Å². The maximum atomic E-state index is 12.9. The van der Waals surface area contributed by atoms with Crippen molar-refractivity contribution < 1.29 is 18.0 Å². The molecule has 1 aliphatic heterocycles. The maximum absolute atomic E-state index is 12.9. The Kier molecular flexibility index (Phi) is 5.63. The van der Waals surface area contributed by atoms with E-state index in [9.17, 15) is 18.0 Å². The molecule has 0 aromatic heterocycles. The second-order valence-electron chi connectivity index (χ2n) is 7.00. The number of carbonyl (C=O) groups excluding carboxylic acids is 2. The highest BCUT2D eigenvalue weighted by atomic mass is 79.9. The molecule has 2 amide bonds. The van der Waals surface area contributed by atoms with E-state index in [0.29, 0.717) is 12.2 Å². The van der Waals surface area contributed by atoms with E-state index in [4.69, 9.17) is 0 Å². The summed E-state index contributed by atoms with van der Waals surface area (Å²) in [5.74, 6) is -0.700. The fraction of sp³-hybridized carbons (Fsp3) is 0.300. The Morgan fingerprint density at radius 2 is 1.82 bits per heavy atom. The minimum Gasteiger partial charge on any atom is -0.315 e. The average molecular weight is 465 g/mol. The predicted octanol–water partition coefficient (Wildman–Crippen LogP) is 3.18. The fourth-order valence-electron chi connectivity index (χ4n) is 3.24. The molecule has 2 aromatic carbocycles. The van der Waals surface area contributed by atoms with Gasteiger partial charge in [0, 0.05) is 42.1 Å². The summed E-state index contributed by atoms with van der Waals surface area (Å²) in [6, 6.07) is 11.8. The third-order valence-corrected chi connectivity index (χ3v) is 6.93. The van der Waals surface area contributed by atoms with E-state index in [0.717, 1.165) is 22.0 Å². The van der Waals surface area contributed by atoms with Gasteiger partial charge in [0.15, 0.2) is 9.84 Å². The number of hydrogen-bond donors (Lipinski definition) is 0. The predicted molar refractivity (Wildman–Crippen MR) is 112 cm³/mol. The van der Waals surface area contributed by atoms with Crippen molar-refractivity contribution in [2.75, 3.05) is 29.6 Å². The summed E-state index contributed by atoms with van der Waals surface area (Å²) in [6.07, 6.45) is 1.29. The SMILES string of the molecule is Cc1cc(N2CC(C(=O)N(C)c3ccc(S(C)(=O)=O)cc3)CC2=O)ccc1Br. The molecule has 0 saturated carbocycles. The van der Waals surface area contributed by atoms with Gasteiger partial charge in [0.25, 0.3) is 0 Å². The van der Waals surface area contributed by atoms with Crippen LogP contribution in [0.25, 0.3) is 0 Å². The van der Waals surface area contributed by atoms with Crippen molar-refractivity contribution in [1.29, 1.82) is 0 Å². The van der Waals surface area contributed by atoms with Crippen molar-refractivity contribution >= 4 is 49.0 Å². The van der Waals surface area contributed by atoms with Gasteiger partial charge in [0.1, 0.15) is 0 Å². The first-order chi connectivity index (χ1) is 13.1. The second kappa shape index (κ2) is 7.67. The number of benzene rings is 2. The number of halogens is 1. The molecule has 1 fully saturated rings. The van der Waals surface area contributed by atoms with Crippen molar-refractivity contribution in [2.45, 2.75) is 18.2 Å². The van der Waals surface area contributed by atoms with Crippen LogP contribution in [0.4, 0.5) is 11.4 Å². The maximum Gasteiger partial charge on any atom is 0.232 e. The Morgan fingerprint density at radius 1 is 1.18 bits per heavy atom. The van der Waals surface area contributed by atoms with Gasteiger partial charge in [0.2, 0.25) is 11.8 Å². The lowest BCUT2D eigenvalue weighted by molar-refractivity contribution is -0.124. The van der Waals surface area contributed by atoms with Gasteiger partial charge in [0.05, 0.1) is 10.8 Å². The van der Waals surface area contributed by atoms with Gasteiger partial charge < -0.3 is 9.80 Å². The van der Waals surface area contributed by atoms with Crippen LogP contribution >= 0.6 is 15.9 Å². The van der Waals surface area contributed by atoms with Crippen molar-refractivity contribution in [1.82, 2.24) is 0 Å². The molecule has 0 spiro atoms. The summed E-state index contributed by atoms with van der Waals surface area (Å²) >= 11 is 3.45. The molecule has 2 aromatic rings. The Morgan fingerprint density at radius 3 is 2.39 bits per heavy atom. The quantitative estimate of drug-likeness (QED) is 0.696. The number of hydrogen-bond acceptors (Lipinski definition) is 4. The van der Waals surface area contributed by atoms with Gasteiger partial charge in [-0.25, -0.2) is 8.42 Å². The molecule has 1 aliphatic rings. The van der Waals surface area contributed by atoms with E-state index in [2.05, 4.69) is 15.9 Å². The molecule has 28 heavy (non-hydrogen) atoms. The lowest BCUT2D eigenvalue weighted by Crippen LogP contribution is -2.34. The van der Waals surface area contributed by atoms with E-state index in [1.807, 2.05) is 25.1 Å². The molecular formula is C20H21BrN2O4S. The molecule has 1 atom stereocenters. The molecular weight excluding hydrogens is 444 g/mol. The standard InChI is InChI=1S/C20H21BrN2O4S/c1-13-10-16(6-9-18(13)21)23-12-14(11-19(23)24)20(25)22(2)15-4-7-17(8-5-15)28(3,26)27/h4-10,14H,11-12H2,1-3H3. The molecule has 1 unspecified atom stereocenters. The van der Waals surface area contributed by atoms with E-state index < -0.39 is 15.8 Å². The average Bonchev–Trinajstić information content (AvgIpc) is 3.04. The van der Waals surface area contributed by atoms with Crippen molar-refractivity contribution in [3.63, 3.8) is 0 Å². The number of amides is 2. The van der Waals surface area contributed by atoms with E-state index in [1.165, 1.54) is 17.0 Å². The second-order valence-corrected chi connectivity index (χ2v) is 9.87. The van der Waals surface area contributed by atoms with Crippen LogP contribution in [0.1, 0.15) is 12.0 Å². The lowest BCUT2D eigenvalue weighted by Gasteiger charge is -2.22. The molecule has 148 valence electrons. The minimum atomic E-state index is -3.29. The van der Waals surface area contributed by atoms with Gasteiger partial charge in [-0.15, -0.1) is 0 Å². The normalized spacial score (nSPS) is 17.1. The van der Waals surface area contributed by atoms with Crippen LogP contribution < -0.4 is 9.80 Å². The molecule has 1 saturated heterocycles. The van der Waals surface area contributed by atoms with Crippen molar-refractivity contribution in [2.24, 2.45) is 5.92 Å². The summed E-state index contributed by atoms with van der Waals surface area (Å²) in [5.41, 5.74) is 2.38. The first-order valence-electron chi connectivity index (χ1n) is 8.72. The van der Waals surface area contributed by atoms with E-state index in [1.54, 1.807) is 24.1 Å². The lowest BCUT2D eigenvalue weighted by atomic mass is 10.1. The monoisotopic (exact) mass is 464 g/mol. The first-order valence-corrected chi connectivity index (χ1v) is 11.4. The molecule has 1 heterocycles. The number of anilines is 2. The Labute approximate surface area is 173 Å². The summed E-state index contributed by atoms with van der Waals surface area (Å²) in [4.78, 5) is 28.7. The van der Waals surface area contributed by atoms with Crippen LogP contribution in [0.5, 0.6) is 0 Å². The van der Waals surface area contributed by atoms with E-state index >= 15 is 0 Å². The smallest absolute Gasteiger partial charge is 0.232 e. The largest absolute Gasteiger partial charge is 0.315 e. The minimum absolute atomic E-state index is 0.0825. The Bertz CT molecular complexity index is 1030. The van der Waals surface area contributed by atoms with Crippen LogP contribution in [0.2, 0.25) is 0 Å². The van der Waals surface area contributed by atoms with Gasteiger partial charge in [-0.2, -0.15) is 0 Å². The number of sulfone groups is 1. The van der Waals surface area contributed by atoms with Crippen LogP contribution in [-0.4, -0.2) is 40.1 Å². The zero-order valence-electron chi connectivity index (χ0n) is 15.8. The molecule has 0 radical (unpaired) electrons. The van der Waals surface area contributed by atoms with Crippen LogP contribution in [0.3, 0.4) is 0 Å². The number of aryl methyl sites for hydroxylation is 1. The van der Waals surface area contributed by atoms with Crippen LogP contribution in [-0.2, 0) is 19.4 Å². The van der Waals surface area contributed by atoms with E-state index in [-0.39, 0.29) is 23.1 Å². The van der Waals surface area contributed by atoms with Crippen molar-refractivity contribution in [3.8, 4) is 0 Å². The van der Waals surface area contributed by atoms with Gasteiger partial charge >= 0.3 is 0 Å². The molecule has 0 bridgehead atoms. The number of carbonyl (C=O) groups is 2. The van der Waals surface area contributed by atoms with Crippen LogP contribution in [0, 0.1) is 12.8 Å². The van der Waals surface area contributed by atoms with Gasteiger partial charge in [-0.1, -0.05) is 15.9 Å². The zero-order valence-corrected chi connectivity index (χ0v) is 18.2. The van der Waals surface area contributed by atoms with Crippen molar-refractivity contribution in [3.05, 3.63) is 52.5 Å². The molecule has 8 heteroatoms. The summed E-state index contributed by atoms with van der Waals surface area (Å²) < 4.78 is 24.1. The number of nitrogens with zero attached hydrogens (tertiary/aromatic N) is 2. The molecule has 6 nitrogen and oxygen atoms in total. The zero-order chi connectivity index (χ0) is 20.6. The first kappa shape index (κ1) is 20.5. The summed E-state index contributed by atoms with van der Waals surface area (Å²) in [7, 11) is -1.66. The molecule has 0 aliphatic carbocycles. The summed E-state index contributed by atoms with van der Waals surface area (Å²) in [5, 5.41) is 0. The Balaban J connectivity index is 1.75. The highest BCUT2D eigenvalue weighted by Gasteiger charge is 2.36. The number of rotatable bonds is 4. The third-order valence-electron chi connectivity index (χ3n) is 4.91. The topological polar surface area (TPSA) is 74.8 Å². The summed E-state index contributed by atoms with van der Waals surface area (Å²) in [6.45, 7) is 2.27. The highest BCUT2D eigenvalue weighted by Crippen LogP contribution is 2.30. The van der Waals surface area contributed by atoms with Crippen LogP contribution in [0.15, 0.2) is 51.8 Å². The van der Waals surface area contributed by atoms with Gasteiger partial charge in [-0.3, -0.25) is 9.59 Å². The molecule has 3 rings (SSSR count).